The van der Waals surface area contributed by atoms with Crippen LogP contribution in [0, 0.1) is 0 Å². The number of allylic oxidation sites excluding steroid dienone is 1. The molecule has 4 rings (SSSR count). The van der Waals surface area contributed by atoms with E-state index in [2.05, 4.69) is 35.4 Å². The molecule has 6 heteroatoms. The Bertz CT molecular complexity index is 910. The third-order valence-corrected chi connectivity index (χ3v) is 8.24. The minimum absolute atomic E-state index is 0.0708. The fourth-order valence-corrected chi connectivity index (χ4v) is 6.53. The van der Waals surface area contributed by atoms with Gasteiger partial charge in [-0.1, -0.05) is 54.2 Å². The Balaban J connectivity index is 1.74. The first-order valence-corrected chi connectivity index (χ1v) is 12.3. The van der Waals surface area contributed by atoms with Crippen molar-refractivity contribution in [3.05, 3.63) is 75.5 Å². The summed E-state index contributed by atoms with van der Waals surface area (Å²) < 4.78 is 12.0. The predicted octanol–water partition coefficient (Wildman–Crippen LogP) is 5.03. The molecule has 1 saturated heterocycles. The molecular weight excluding hydrogens is 414 g/mol. The lowest BCUT2D eigenvalue weighted by atomic mass is 9.84. The molecule has 2 aromatic carbocycles. The van der Waals surface area contributed by atoms with Crippen molar-refractivity contribution < 1.29 is 14.3 Å². The maximum absolute atomic E-state index is 13.7. The number of thioether (sulfide) groups is 2. The molecule has 0 spiro atoms. The Hall–Kier alpha value is -1.73. The maximum atomic E-state index is 13.7. The highest BCUT2D eigenvalue weighted by Gasteiger charge is 2.37. The summed E-state index contributed by atoms with van der Waals surface area (Å²) in [4.78, 5) is 16.2. The first-order valence-electron chi connectivity index (χ1n) is 10.2. The van der Waals surface area contributed by atoms with Gasteiger partial charge in [0.1, 0.15) is 5.75 Å². The number of hydrogen-bond donors (Lipinski definition) is 0. The third kappa shape index (κ3) is 4.62. The van der Waals surface area contributed by atoms with Crippen LogP contribution in [0.15, 0.2) is 64.4 Å². The van der Waals surface area contributed by atoms with E-state index < -0.39 is 0 Å². The molecule has 2 aliphatic heterocycles. The number of ether oxygens (including phenoxy) is 2. The van der Waals surface area contributed by atoms with Crippen molar-refractivity contribution in [2.45, 2.75) is 17.7 Å². The first-order chi connectivity index (χ1) is 14.7. The molecule has 2 heterocycles. The average Bonchev–Trinajstić information content (AvgIpc) is 2.83. The molecule has 0 radical (unpaired) electrons. The van der Waals surface area contributed by atoms with Gasteiger partial charge in [-0.05, 0) is 30.4 Å². The summed E-state index contributed by atoms with van der Waals surface area (Å²) in [5.74, 6) is 0.875. The summed E-state index contributed by atoms with van der Waals surface area (Å²) in [7, 11) is 1.63. The van der Waals surface area contributed by atoms with Crippen molar-refractivity contribution in [3.8, 4) is 5.75 Å². The number of methoxy groups -OCH3 is 1. The average molecular weight is 442 g/mol. The van der Waals surface area contributed by atoms with Crippen LogP contribution >= 0.6 is 23.5 Å². The Morgan fingerprint density at radius 2 is 1.90 bits per heavy atom. The maximum Gasteiger partial charge on any atom is 0.191 e. The lowest BCUT2D eigenvalue weighted by molar-refractivity contribution is 0.0306. The number of carbonyl (C=O) groups is 1. The van der Waals surface area contributed by atoms with E-state index in [9.17, 15) is 4.79 Å². The van der Waals surface area contributed by atoms with Gasteiger partial charge in [0.15, 0.2) is 5.78 Å². The Labute approximate surface area is 187 Å². The lowest BCUT2D eigenvalue weighted by Crippen LogP contribution is -2.44. The normalized spacial score (nSPS) is 22.7. The Morgan fingerprint density at radius 3 is 2.60 bits per heavy atom. The molecule has 0 N–H and O–H groups in total. The molecule has 2 atom stereocenters. The van der Waals surface area contributed by atoms with Crippen LogP contribution in [0.3, 0.4) is 0 Å². The quantitative estimate of drug-likeness (QED) is 0.586. The minimum Gasteiger partial charge on any atom is -0.497 e. The molecule has 4 nitrogen and oxygen atoms in total. The number of benzene rings is 2. The Morgan fingerprint density at radius 1 is 1.13 bits per heavy atom. The highest BCUT2D eigenvalue weighted by Crippen LogP contribution is 2.49. The van der Waals surface area contributed by atoms with Crippen molar-refractivity contribution in [2.24, 2.45) is 0 Å². The summed E-state index contributed by atoms with van der Waals surface area (Å²) in [5.41, 5.74) is 2.80. The van der Waals surface area contributed by atoms with Crippen LogP contribution < -0.4 is 4.74 Å². The van der Waals surface area contributed by atoms with Crippen LogP contribution in [-0.2, 0) is 4.74 Å². The van der Waals surface area contributed by atoms with E-state index >= 15 is 0 Å². The fraction of sp³-hybridized carbons (Fsp3) is 0.375. The Kier molecular flexibility index (Phi) is 7.20. The number of ketones is 1. The van der Waals surface area contributed by atoms with Crippen molar-refractivity contribution in [2.75, 3.05) is 39.7 Å². The second-order valence-corrected chi connectivity index (χ2v) is 9.65. The zero-order valence-electron chi connectivity index (χ0n) is 17.4. The standard InChI is InChI=1S/C24H27NO3S2/c1-27-19-10-6-9-18(15-19)23(26)22-20(17-7-4-3-5-8-17)16-21(30-24(22)29-2)25-11-13-28-14-12-25/h3-10,15,20-21H,11-14,16H2,1-2H3. The zero-order chi connectivity index (χ0) is 20.9. The smallest absolute Gasteiger partial charge is 0.191 e. The summed E-state index contributed by atoms with van der Waals surface area (Å²) in [6.45, 7) is 3.45. The monoisotopic (exact) mass is 441 g/mol. The van der Waals surface area contributed by atoms with Gasteiger partial charge in [-0.3, -0.25) is 9.69 Å². The molecule has 2 unspecified atom stereocenters. The molecule has 2 aromatic rings. The largest absolute Gasteiger partial charge is 0.497 e. The van der Waals surface area contributed by atoms with Crippen molar-refractivity contribution in [1.82, 2.24) is 4.90 Å². The van der Waals surface area contributed by atoms with Crippen LogP contribution in [0.5, 0.6) is 5.75 Å². The summed E-state index contributed by atoms with van der Waals surface area (Å²) in [6, 6.07) is 17.9. The number of hydrogen-bond acceptors (Lipinski definition) is 6. The molecule has 158 valence electrons. The number of rotatable bonds is 6. The van der Waals surface area contributed by atoms with Gasteiger partial charge in [0.25, 0.3) is 0 Å². The van der Waals surface area contributed by atoms with E-state index in [1.54, 1.807) is 18.9 Å². The van der Waals surface area contributed by atoms with Crippen LogP contribution in [0.4, 0.5) is 0 Å². The van der Waals surface area contributed by atoms with Crippen LogP contribution in [0.2, 0.25) is 0 Å². The molecule has 0 saturated carbocycles. The van der Waals surface area contributed by atoms with Gasteiger partial charge in [0.05, 0.1) is 25.7 Å². The fourth-order valence-electron chi connectivity index (χ4n) is 4.10. The second-order valence-electron chi connectivity index (χ2n) is 7.39. The SMILES string of the molecule is COc1cccc(C(=O)C2=C(SC)SC(N3CCOCC3)CC2c2ccccc2)c1. The molecule has 1 fully saturated rings. The molecule has 2 aliphatic rings. The summed E-state index contributed by atoms with van der Waals surface area (Å²) in [6.07, 6.45) is 2.99. The molecule has 30 heavy (non-hydrogen) atoms. The second kappa shape index (κ2) is 10.1. The zero-order valence-corrected chi connectivity index (χ0v) is 19.0. The van der Waals surface area contributed by atoms with Crippen molar-refractivity contribution in [3.63, 3.8) is 0 Å². The first kappa shape index (κ1) is 21.5. The molecule has 0 aromatic heterocycles. The number of nitrogens with zero attached hydrogens (tertiary/aromatic N) is 1. The van der Waals surface area contributed by atoms with Crippen LogP contribution in [0.25, 0.3) is 0 Å². The van der Waals surface area contributed by atoms with Crippen molar-refractivity contribution >= 4 is 29.3 Å². The highest BCUT2D eigenvalue weighted by molar-refractivity contribution is 8.22. The van der Waals surface area contributed by atoms with Gasteiger partial charge in [0, 0.05) is 34.4 Å². The predicted molar refractivity (Wildman–Crippen MR) is 125 cm³/mol. The number of carbonyl (C=O) groups excluding carboxylic acids is 1. The van der Waals surface area contributed by atoms with E-state index in [-0.39, 0.29) is 11.7 Å². The minimum atomic E-state index is 0.0708. The van der Waals surface area contributed by atoms with Crippen LogP contribution in [0.1, 0.15) is 28.3 Å². The van der Waals surface area contributed by atoms with Crippen molar-refractivity contribution in [1.29, 1.82) is 0 Å². The van der Waals surface area contributed by atoms with E-state index in [1.165, 1.54) is 5.56 Å². The van der Waals surface area contributed by atoms with Gasteiger partial charge in [0.2, 0.25) is 0 Å². The van der Waals surface area contributed by atoms with Gasteiger partial charge < -0.3 is 9.47 Å². The number of morpholine rings is 1. The van der Waals surface area contributed by atoms with E-state index in [4.69, 9.17) is 9.47 Å². The molecule has 0 aliphatic carbocycles. The summed E-state index contributed by atoms with van der Waals surface area (Å²) >= 11 is 3.52. The van der Waals surface area contributed by atoms with Crippen LogP contribution in [-0.4, -0.2) is 55.7 Å². The van der Waals surface area contributed by atoms with Gasteiger partial charge in [-0.25, -0.2) is 0 Å². The molecular formula is C24H27NO3S2. The lowest BCUT2D eigenvalue weighted by Gasteiger charge is -2.40. The van der Waals surface area contributed by atoms with Gasteiger partial charge in [-0.2, -0.15) is 0 Å². The third-order valence-electron chi connectivity index (χ3n) is 5.67. The highest BCUT2D eigenvalue weighted by atomic mass is 32.2. The molecule has 0 amide bonds. The van der Waals surface area contributed by atoms with Gasteiger partial charge >= 0.3 is 0 Å². The topological polar surface area (TPSA) is 38.8 Å². The van der Waals surface area contributed by atoms with E-state index in [0.29, 0.717) is 16.7 Å². The van der Waals surface area contributed by atoms with E-state index in [1.807, 2.05) is 42.1 Å². The van der Waals surface area contributed by atoms with E-state index in [0.717, 1.165) is 42.5 Å². The van der Waals surface area contributed by atoms with Gasteiger partial charge in [-0.15, -0.1) is 11.8 Å². The number of Topliss-reactive ketones (excluding diaryl/α,β-unsaturated/α-hetero) is 1. The summed E-state index contributed by atoms with van der Waals surface area (Å²) in [5, 5.41) is 0.350. The molecule has 0 bridgehead atoms.